The van der Waals surface area contributed by atoms with Crippen molar-refractivity contribution in [1.82, 2.24) is 34.3 Å². The lowest BCUT2D eigenvalue weighted by molar-refractivity contribution is -0.00876. The van der Waals surface area contributed by atoms with Crippen LogP contribution >= 0.6 is 0 Å². The Morgan fingerprint density at radius 1 is 0.955 bits per heavy atom. The van der Waals surface area contributed by atoms with Crippen LogP contribution < -0.4 is 14.4 Å². The zero-order valence-corrected chi connectivity index (χ0v) is 25.2. The Morgan fingerprint density at radius 3 is 2.50 bits per heavy atom. The second kappa shape index (κ2) is 11.0. The molecule has 4 aromatic rings. The van der Waals surface area contributed by atoms with Gasteiger partial charge in [0, 0.05) is 93.0 Å². The first-order valence-electron chi connectivity index (χ1n) is 15.5. The van der Waals surface area contributed by atoms with E-state index in [1.807, 2.05) is 30.7 Å². The van der Waals surface area contributed by atoms with E-state index in [9.17, 15) is 5.26 Å². The summed E-state index contributed by atoms with van der Waals surface area (Å²) in [7, 11) is 3.87. The van der Waals surface area contributed by atoms with Crippen molar-refractivity contribution in [3.05, 3.63) is 66.2 Å². The first kappa shape index (κ1) is 27.3. The van der Waals surface area contributed by atoms with E-state index in [2.05, 4.69) is 61.0 Å². The predicted molar refractivity (Wildman–Crippen MR) is 166 cm³/mol. The largest absolute Gasteiger partial charge is 0.491 e. The molecule has 5 aliphatic heterocycles. The number of pyridine rings is 3. The number of hydrogen-bond donors (Lipinski definition) is 0. The topological polar surface area (TPSA) is 98.3 Å². The molecule has 0 radical (unpaired) electrons. The summed E-state index contributed by atoms with van der Waals surface area (Å²) < 4.78 is 13.2. The molecule has 4 unspecified atom stereocenters. The fourth-order valence-corrected chi connectivity index (χ4v) is 7.68. The molecule has 0 amide bonds. The Labute approximate surface area is 257 Å². The number of nitriles is 1. The molecule has 9 rings (SSSR count). The summed E-state index contributed by atoms with van der Waals surface area (Å²) in [6.07, 6.45) is 9.81. The van der Waals surface area contributed by atoms with Crippen LogP contribution in [0, 0.1) is 11.3 Å². The standard InChI is InChI=1S/C33H37N9O2/c1-38-17-26-9-25(38)18-39(26)7-8-44-29-11-30(33-24(12-34)15-37-42(33)21-29)23-4-5-31(35-14-23)40-19-27-10-28(20-40)41(27)16-22-3-6-32(43-2)36-13-22/h3-6,11,13-15,21,25-28H,7-10,16-20H2,1-2H3. The van der Waals surface area contributed by atoms with Gasteiger partial charge in [-0.15, -0.1) is 0 Å². The van der Waals surface area contributed by atoms with Crippen LogP contribution in [-0.2, 0) is 6.54 Å². The van der Waals surface area contributed by atoms with Gasteiger partial charge in [0.05, 0.1) is 30.6 Å². The number of likely N-dealkylation sites (tertiary alicyclic amines) is 2. The van der Waals surface area contributed by atoms with Crippen LogP contribution in [-0.4, -0.2) is 112 Å². The molecule has 226 valence electrons. The van der Waals surface area contributed by atoms with Crippen molar-refractivity contribution in [2.75, 3.05) is 58.4 Å². The number of piperazine rings is 2. The van der Waals surface area contributed by atoms with Crippen molar-refractivity contribution in [3.8, 4) is 28.8 Å². The minimum Gasteiger partial charge on any atom is -0.491 e. The third-order valence-corrected chi connectivity index (χ3v) is 10.1. The molecular weight excluding hydrogens is 554 g/mol. The summed E-state index contributed by atoms with van der Waals surface area (Å²) in [6, 6.07) is 14.9. The SMILES string of the molecule is COc1ccc(CN2C3CC2CN(c2ccc(-c4cc(OCCN5CC6CC5CN6C)cn5ncc(C#N)c45)cn2)C3)cn1. The van der Waals surface area contributed by atoms with Gasteiger partial charge in [0.25, 0.3) is 0 Å². The molecule has 9 heterocycles. The Kier molecular flexibility index (Phi) is 6.85. The van der Waals surface area contributed by atoms with Crippen LogP contribution in [0.4, 0.5) is 5.82 Å². The fraction of sp³-hybridized carbons (Fsp3) is 0.455. The maximum Gasteiger partial charge on any atom is 0.212 e. The molecule has 5 saturated heterocycles. The van der Waals surface area contributed by atoms with Crippen molar-refractivity contribution < 1.29 is 9.47 Å². The highest BCUT2D eigenvalue weighted by Crippen LogP contribution is 2.37. The fourth-order valence-electron chi connectivity index (χ4n) is 7.68. The van der Waals surface area contributed by atoms with E-state index in [0.29, 0.717) is 42.2 Å². The second-order valence-electron chi connectivity index (χ2n) is 12.6. The molecule has 11 nitrogen and oxygen atoms in total. The van der Waals surface area contributed by atoms with Crippen LogP contribution in [0.15, 0.2) is 55.1 Å². The first-order chi connectivity index (χ1) is 21.6. The Morgan fingerprint density at radius 2 is 1.82 bits per heavy atom. The number of hydrogen-bond acceptors (Lipinski definition) is 10. The summed E-state index contributed by atoms with van der Waals surface area (Å²) in [5, 5.41) is 14.3. The molecule has 4 aromatic heterocycles. The zero-order chi connectivity index (χ0) is 29.8. The molecule has 5 aliphatic rings. The number of rotatable bonds is 9. The van der Waals surface area contributed by atoms with Gasteiger partial charge in [-0.3, -0.25) is 9.80 Å². The number of likely N-dealkylation sites (N-methyl/N-ethyl adjacent to an activating group) is 1. The van der Waals surface area contributed by atoms with E-state index in [0.717, 1.165) is 67.5 Å². The van der Waals surface area contributed by atoms with Gasteiger partial charge in [0.1, 0.15) is 24.2 Å². The molecule has 5 fully saturated rings. The van der Waals surface area contributed by atoms with Crippen molar-refractivity contribution in [1.29, 1.82) is 5.26 Å². The number of piperidine rings is 1. The van der Waals surface area contributed by atoms with E-state index < -0.39 is 0 Å². The lowest BCUT2D eigenvalue weighted by atomic mass is 9.87. The molecule has 0 aliphatic carbocycles. The van der Waals surface area contributed by atoms with Crippen molar-refractivity contribution in [3.63, 3.8) is 0 Å². The number of methoxy groups -OCH3 is 1. The molecule has 44 heavy (non-hydrogen) atoms. The van der Waals surface area contributed by atoms with Crippen molar-refractivity contribution in [2.24, 2.45) is 0 Å². The smallest absolute Gasteiger partial charge is 0.212 e. The Balaban J connectivity index is 0.955. The number of anilines is 1. The second-order valence-corrected chi connectivity index (χ2v) is 12.6. The molecule has 0 N–H and O–H groups in total. The van der Waals surface area contributed by atoms with Crippen LogP contribution in [0.3, 0.4) is 0 Å². The molecule has 0 saturated carbocycles. The van der Waals surface area contributed by atoms with Gasteiger partial charge in [-0.25, -0.2) is 14.5 Å². The number of aromatic nitrogens is 4. The highest BCUT2D eigenvalue weighted by Gasteiger charge is 2.45. The van der Waals surface area contributed by atoms with Crippen LogP contribution in [0.2, 0.25) is 0 Å². The van der Waals surface area contributed by atoms with Gasteiger partial charge in [0.2, 0.25) is 5.88 Å². The van der Waals surface area contributed by atoms with Crippen LogP contribution in [0.5, 0.6) is 11.6 Å². The van der Waals surface area contributed by atoms with E-state index in [1.54, 1.807) is 17.8 Å². The molecule has 0 spiro atoms. The zero-order valence-electron chi connectivity index (χ0n) is 25.2. The third kappa shape index (κ3) is 4.83. The lowest BCUT2D eigenvalue weighted by Gasteiger charge is -2.56. The molecular formula is C33H37N9O2. The Hall–Kier alpha value is -4.24. The normalized spacial score (nSPS) is 24.9. The van der Waals surface area contributed by atoms with E-state index in [1.165, 1.54) is 18.4 Å². The number of ether oxygens (including phenoxy) is 2. The summed E-state index contributed by atoms with van der Waals surface area (Å²) in [6.45, 7) is 6.61. The van der Waals surface area contributed by atoms with Gasteiger partial charge in [-0.1, -0.05) is 6.07 Å². The minimum absolute atomic E-state index is 0.507. The molecule has 4 bridgehead atoms. The minimum atomic E-state index is 0.507. The predicted octanol–water partition coefficient (Wildman–Crippen LogP) is 2.90. The van der Waals surface area contributed by atoms with Gasteiger partial charge in [0.15, 0.2) is 0 Å². The van der Waals surface area contributed by atoms with Crippen molar-refractivity contribution >= 4 is 11.3 Å². The Bertz CT molecular complexity index is 1690. The van der Waals surface area contributed by atoms with Crippen molar-refractivity contribution in [2.45, 2.75) is 43.6 Å². The van der Waals surface area contributed by atoms with Gasteiger partial charge < -0.3 is 19.3 Å². The van der Waals surface area contributed by atoms with Crippen LogP contribution in [0.25, 0.3) is 16.6 Å². The highest BCUT2D eigenvalue weighted by atomic mass is 16.5. The quantitative estimate of drug-likeness (QED) is 0.289. The van der Waals surface area contributed by atoms with Gasteiger partial charge in [-0.05, 0) is 43.7 Å². The summed E-state index contributed by atoms with van der Waals surface area (Å²) in [4.78, 5) is 19.3. The van der Waals surface area contributed by atoms with E-state index in [4.69, 9.17) is 14.5 Å². The maximum atomic E-state index is 9.80. The average molecular weight is 592 g/mol. The monoisotopic (exact) mass is 591 g/mol. The van der Waals surface area contributed by atoms with E-state index >= 15 is 0 Å². The summed E-state index contributed by atoms with van der Waals surface area (Å²) in [5.41, 5.74) is 4.37. The van der Waals surface area contributed by atoms with Gasteiger partial charge >= 0.3 is 0 Å². The third-order valence-electron chi connectivity index (χ3n) is 10.1. The first-order valence-corrected chi connectivity index (χ1v) is 15.5. The maximum absolute atomic E-state index is 9.80. The molecule has 0 aromatic carbocycles. The average Bonchev–Trinajstić information content (AvgIpc) is 3.77. The van der Waals surface area contributed by atoms with E-state index in [-0.39, 0.29) is 0 Å². The van der Waals surface area contributed by atoms with Gasteiger partial charge in [-0.2, -0.15) is 10.4 Å². The number of nitrogens with zero attached hydrogens (tertiary/aromatic N) is 9. The molecule has 11 heteroatoms. The summed E-state index contributed by atoms with van der Waals surface area (Å²) >= 11 is 0. The molecule has 4 atom stereocenters. The number of fused-ring (bicyclic) bond motifs is 5. The lowest BCUT2D eigenvalue weighted by Crippen LogP contribution is -2.68. The summed E-state index contributed by atoms with van der Waals surface area (Å²) in [5.74, 6) is 2.37. The highest BCUT2D eigenvalue weighted by molar-refractivity contribution is 5.85. The van der Waals surface area contributed by atoms with Crippen LogP contribution in [0.1, 0.15) is 24.0 Å².